The average Bonchev–Trinajstić information content (AvgIpc) is 2.44. The number of hydrogen-bond donors (Lipinski definition) is 2. The molecule has 1 aromatic carbocycles. The molecule has 0 amide bonds. The van der Waals surface area contributed by atoms with Gasteiger partial charge in [0, 0.05) is 6.54 Å². The quantitative estimate of drug-likeness (QED) is 0.819. The zero-order valence-corrected chi connectivity index (χ0v) is 13.1. The summed E-state index contributed by atoms with van der Waals surface area (Å²) in [4.78, 5) is 8.22. The van der Waals surface area contributed by atoms with Gasteiger partial charge in [0.1, 0.15) is 22.4 Å². The monoisotopic (exact) mass is 358 g/mol. The lowest BCUT2D eigenvalue weighted by molar-refractivity contribution is 0.632. The molecule has 0 saturated heterocycles. The number of rotatable bonds is 5. The van der Waals surface area contributed by atoms with Crippen LogP contribution in [-0.4, -0.2) is 16.5 Å². The largest absolute Gasteiger partial charge is 0.369 e. The molecule has 2 aromatic rings. The summed E-state index contributed by atoms with van der Waals surface area (Å²) in [6, 6.07) is 4.75. The Bertz CT molecular complexity index is 609. The van der Waals surface area contributed by atoms with Crippen LogP contribution in [0.4, 0.5) is 21.7 Å². The predicted octanol–water partition coefficient (Wildman–Crippen LogP) is 4.60. The van der Waals surface area contributed by atoms with Gasteiger partial charge in [0.25, 0.3) is 0 Å². The molecular formula is C13H13BrClFN4. The van der Waals surface area contributed by atoms with E-state index in [1.54, 1.807) is 12.1 Å². The second kappa shape index (κ2) is 6.85. The van der Waals surface area contributed by atoms with Gasteiger partial charge in [-0.05, 0) is 34.5 Å². The summed E-state index contributed by atoms with van der Waals surface area (Å²) in [6.45, 7) is 2.85. The summed E-state index contributed by atoms with van der Waals surface area (Å²) in [5.74, 6) is 0.620. The third kappa shape index (κ3) is 3.37. The Labute approximate surface area is 129 Å². The van der Waals surface area contributed by atoms with Gasteiger partial charge in [-0.2, -0.15) is 0 Å². The van der Waals surface area contributed by atoms with Gasteiger partial charge in [0.2, 0.25) is 0 Å². The summed E-state index contributed by atoms with van der Waals surface area (Å²) < 4.78 is 14.5. The van der Waals surface area contributed by atoms with Gasteiger partial charge in [0.05, 0.1) is 10.7 Å². The fourth-order valence-corrected chi connectivity index (χ4v) is 2.17. The molecule has 2 N–H and O–H groups in total. The van der Waals surface area contributed by atoms with Gasteiger partial charge in [0.15, 0.2) is 5.82 Å². The molecule has 0 fully saturated rings. The van der Waals surface area contributed by atoms with Crippen molar-refractivity contribution in [3.8, 4) is 0 Å². The maximum atomic E-state index is 13.9. The lowest BCUT2D eigenvalue weighted by atomic mass is 10.3. The van der Waals surface area contributed by atoms with E-state index in [1.807, 2.05) is 0 Å². The van der Waals surface area contributed by atoms with Crippen LogP contribution >= 0.6 is 27.5 Å². The zero-order chi connectivity index (χ0) is 14.5. The minimum absolute atomic E-state index is 0.0597. The van der Waals surface area contributed by atoms with Crippen LogP contribution in [0.3, 0.4) is 0 Å². The third-order valence-electron chi connectivity index (χ3n) is 2.54. The first kappa shape index (κ1) is 15.0. The van der Waals surface area contributed by atoms with Gasteiger partial charge in [-0.15, -0.1) is 0 Å². The molecule has 7 heteroatoms. The molecule has 106 valence electrons. The highest BCUT2D eigenvalue weighted by molar-refractivity contribution is 9.10. The zero-order valence-electron chi connectivity index (χ0n) is 10.8. The van der Waals surface area contributed by atoms with Gasteiger partial charge in [-0.25, -0.2) is 14.4 Å². The van der Waals surface area contributed by atoms with E-state index >= 15 is 0 Å². The number of hydrogen-bond acceptors (Lipinski definition) is 4. The fraction of sp³-hybridized carbons (Fsp3) is 0.231. The summed E-state index contributed by atoms with van der Waals surface area (Å²) in [5.41, 5.74) is 0.262. The van der Waals surface area contributed by atoms with E-state index in [1.165, 1.54) is 12.4 Å². The number of benzene rings is 1. The average molecular weight is 360 g/mol. The van der Waals surface area contributed by atoms with Crippen molar-refractivity contribution in [3.05, 3.63) is 39.8 Å². The third-order valence-corrected chi connectivity index (χ3v) is 3.58. The number of nitrogens with one attached hydrogen (secondary N) is 2. The van der Waals surface area contributed by atoms with Crippen molar-refractivity contribution in [2.24, 2.45) is 0 Å². The molecule has 0 bridgehead atoms. The normalized spacial score (nSPS) is 10.4. The van der Waals surface area contributed by atoms with Crippen LogP contribution in [0.2, 0.25) is 5.02 Å². The van der Waals surface area contributed by atoms with Gasteiger partial charge in [-0.3, -0.25) is 0 Å². The molecule has 0 saturated carbocycles. The van der Waals surface area contributed by atoms with Crippen molar-refractivity contribution in [1.82, 2.24) is 9.97 Å². The Balaban J connectivity index is 2.27. The van der Waals surface area contributed by atoms with Crippen LogP contribution in [0.5, 0.6) is 0 Å². The lowest BCUT2D eigenvalue weighted by Crippen LogP contribution is -2.05. The molecule has 0 aliphatic heterocycles. The van der Waals surface area contributed by atoms with Crippen molar-refractivity contribution in [3.63, 3.8) is 0 Å². The Morgan fingerprint density at radius 1 is 1.30 bits per heavy atom. The van der Waals surface area contributed by atoms with E-state index in [2.05, 4.69) is 43.5 Å². The summed E-state index contributed by atoms with van der Waals surface area (Å²) in [6.07, 6.45) is 2.38. The van der Waals surface area contributed by atoms with Gasteiger partial charge in [-0.1, -0.05) is 24.6 Å². The first-order valence-electron chi connectivity index (χ1n) is 6.09. The number of anilines is 3. The van der Waals surface area contributed by atoms with Crippen LogP contribution in [0, 0.1) is 5.82 Å². The molecule has 0 atom stereocenters. The second-order valence-corrected chi connectivity index (χ2v) is 5.24. The van der Waals surface area contributed by atoms with Gasteiger partial charge >= 0.3 is 0 Å². The Hall–Kier alpha value is -1.40. The highest BCUT2D eigenvalue weighted by Gasteiger charge is 2.12. The van der Waals surface area contributed by atoms with E-state index in [0.29, 0.717) is 16.1 Å². The summed E-state index contributed by atoms with van der Waals surface area (Å²) in [5, 5.41) is 6.12. The molecule has 20 heavy (non-hydrogen) atoms. The van der Waals surface area contributed by atoms with Gasteiger partial charge < -0.3 is 10.6 Å². The Morgan fingerprint density at radius 3 is 2.80 bits per heavy atom. The lowest BCUT2D eigenvalue weighted by Gasteiger charge is -2.12. The number of nitrogens with zero attached hydrogens (tertiary/aromatic N) is 2. The van der Waals surface area contributed by atoms with Crippen molar-refractivity contribution in [2.45, 2.75) is 13.3 Å². The van der Waals surface area contributed by atoms with Crippen LogP contribution in [0.1, 0.15) is 13.3 Å². The molecule has 0 spiro atoms. The maximum Gasteiger partial charge on any atom is 0.165 e. The Morgan fingerprint density at radius 2 is 2.05 bits per heavy atom. The standard InChI is InChI=1S/C13H13BrClFN4/c1-2-6-17-12-10(14)13(19-7-18-12)20-9-5-3-4-8(15)11(9)16/h3-5,7H,2,6H2,1H3,(H2,17,18,19,20). The van der Waals surface area contributed by atoms with Crippen LogP contribution < -0.4 is 10.6 Å². The van der Waals surface area contributed by atoms with E-state index in [0.717, 1.165) is 13.0 Å². The van der Waals surface area contributed by atoms with Crippen molar-refractivity contribution in [2.75, 3.05) is 17.2 Å². The summed E-state index contributed by atoms with van der Waals surface area (Å²) >= 11 is 9.15. The minimum atomic E-state index is -0.511. The van der Waals surface area contributed by atoms with Crippen LogP contribution in [0.25, 0.3) is 0 Å². The van der Waals surface area contributed by atoms with E-state index in [9.17, 15) is 4.39 Å². The molecular weight excluding hydrogens is 347 g/mol. The first-order chi connectivity index (χ1) is 9.63. The molecule has 1 aromatic heterocycles. The van der Waals surface area contributed by atoms with E-state index in [4.69, 9.17) is 11.6 Å². The van der Waals surface area contributed by atoms with Crippen molar-refractivity contribution >= 4 is 44.9 Å². The first-order valence-corrected chi connectivity index (χ1v) is 7.26. The molecule has 0 radical (unpaired) electrons. The minimum Gasteiger partial charge on any atom is -0.369 e. The molecule has 0 aliphatic rings. The highest BCUT2D eigenvalue weighted by atomic mass is 79.9. The maximum absolute atomic E-state index is 13.9. The number of aromatic nitrogens is 2. The van der Waals surface area contributed by atoms with Crippen molar-refractivity contribution < 1.29 is 4.39 Å². The Kier molecular flexibility index (Phi) is 5.14. The smallest absolute Gasteiger partial charge is 0.165 e. The molecule has 0 unspecified atom stereocenters. The van der Waals surface area contributed by atoms with Crippen molar-refractivity contribution in [1.29, 1.82) is 0 Å². The molecule has 1 heterocycles. The summed E-state index contributed by atoms with van der Waals surface area (Å²) in [7, 11) is 0. The fourth-order valence-electron chi connectivity index (χ4n) is 1.55. The van der Waals surface area contributed by atoms with E-state index < -0.39 is 5.82 Å². The molecule has 4 nitrogen and oxygen atoms in total. The van der Waals surface area contributed by atoms with E-state index in [-0.39, 0.29) is 10.7 Å². The van der Waals surface area contributed by atoms with Crippen LogP contribution in [-0.2, 0) is 0 Å². The SMILES string of the molecule is CCCNc1ncnc(Nc2cccc(Cl)c2F)c1Br. The topological polar surface area (TPSA) is 49.8 Å². The van der Waals surface area contributed by atoms with Crippen LogP contribution in [0.15, 0.2) is 29.0 Å². The second-order valence-electron chi connectivity index (χ2n) is 4.04. The number of halogens is 3. The molecule has 0 aliphatic carbocycles. The molecule has 2 rings (SSSR count). The predicted molar refractivity (Wildman–Crippen MR) is 83.2 cm³/mol. The highest BCUT2D eigenvalue weighted by Crippen LogP contribution is 2.31.